The van der Waals surface area contributed by atoms with Gasteiger partial charge in [0.15, 0.2) is 5.96 Å². The number of rotatable bonds is 4. The molecule has 8 heteroatoms. The van der Waals surface area contributed by atoms with E-state index in [2.05, 4.69) is 51.2 Å². The third-order valence-electron chi connectivity index (χ3n) is 5.92. The molecule has 0 radical (unpaired) electrons. The van der Waals surface area contributed by atoms with Crippen molar-refractivity contribution in [3.8, 4) is 0 Å². The van der Waals surface area contributed by atoms with E-state index in [1.165, 1.54) is 12.8 Å². The molecule has 1 aromatic heterocycles. The van der Waals surface area contributed by atoms with E-state index in [1.54, 1.807) is 11.3 Å². The molecule has 168 valence electrons. The van der Waals surface area contributed by atoms with E-state index < -0.39 is 0 Å². The van der Waals surface area contributed by atoms with Crippen molar-refractivity contribution in [1.82, 2.24) is 25.0 Å². The van der Waals surface area contributed by atoms with E-state index in [0.29, 0.717) is 19.0 Å². The van der Waals surface area contributed by atoms with Crippen LogP contribution < -0.4 is 5.32 Å². The number of aliphatic imine (C=N–C) groups is 1. The molecule has 2 aliphatic heterocycles. The van der Waals surface area contributed by atoms with E-state index in [9.17, 15) is 4.79 Å². The zero-order valence-corrected chi connectivity index (χ0v) is 19.9. The van der Waals surface area contributed by atoms with Gasteiger partial charge in [-0.05, 0) is 12.8 Å². The molecule has 7 nitrogen and oxygen atoms in total. The van der Waals surface area contributed by atoms with Gasteiger partial charge in [-0.15, -0.1) is 11.3 Å². The van der Waals surface area contributed by atoms with Crippen molar-refractivity contribution in [3.05, 3.63) is 16.1 Å². The maximum Gasteiger partial charge on any atom is 0.236 e. The monoisotopic (exact) mass is 434 g/mol. The molecule has 0 aliphatic carbocycles. The van der Waals surface area contributed by atoms with Gasteiger partial charge in [0, 0.05) is 57.1 Å². The van der Waals surface area contributed by atoms with Crippen LogP contribution in [0.3, 0.4) is 0 Å². The minimum Gasteiger partial charge on any atom is -0.350 e. The number of nitrogens with one attached hydrogen (secondary N) is 1. The molecule has 3 rings (SSSR count). The molecule has 0 saturated carbocycles. The Morgan fingerprint density at radius 1 is 1.07 bits per heavy atom. The SMILES string of the molecule is CN=C(NCc1nc(C(C)(C)C)cs1)N1CCN(CC(=O)N2CCCCCC2)CC1. The van der Waals surface area contributed by atoms with Crippen molar-refractivity contribution in [2.24, 2.45) is 4.99 Å². The van der Waals surface area contributed by atoms with Crippen molar-refractivity contribution in [3.63, 3.8) is 0 Å². The van der Waals surface area contributed by atoms with Gasteiger partial charge in [0.1, 0.15) is 5.01 Å². The predicted octanol–water partition coefficient (Wildman–Crippen LogP) is 2.54. The van der Waals surface area contributed by atoms with Crippen LogP contribution in [0, 0.1) is 0 Å². The summed E-state index contributed by atoms with van der Waals surface area (Å²) in [6, 6.07) is 0. The lowest BCUT2D eigenvalue weighted by molar-refractivity contribution is -0.132. The van der Waals surface area contributed by atoms with Crippen molar-refractivity contribution >= 4 is 23.2 Å². The Morgan fingerprint density at radius 3 is 2.30 bits per heavy atom. The molecule has 2 saturated heterocycles. The topological polar surface area (TPSA) is 64.1 Å². The molecular weight excluding hydrogens is 396 g/mol. The molecule has 1 N–H and O–H groups in total. The van der Waals surface area contributed by atoms with Crippen LogP contribution in [0.5, 0.6) is 0 Å². The summed E-state index contributed by atoms with van der Waals surface area (Å²) in [6.45, 7) is 13.2. The molecular formula is C22H38N6OS. The summed E-state index contributed by atoms with van der Waals surface area (Å²) in [4.78, 5) is 28.5. The van der Waals surface area contributed by atoms with E-state index >= 15 is 0 Å². The first-order valence-corrected chi connectivity index (χ1v) is 12.2. The minimum absolute atomic E-state index is 0.0809. The first-order valence-electron chi connectivity index (χ1n) is 11.3. The number of thiazole rings is 1. The standard InChI is InChI=1S/C22H38N6OS/c1-22(2,3)18-17-30-19(25-18)15-24-21(23-4)28-13-11-26(12-14-28)16-20(29)27-9-7-5-6-8-10-27/h17H,5-16H2,1-4H3,(H,23,24). The second-order valence-electron chi connectivity index (χ2n) is 9.34. The van der Waals surface area contributed by atoms with E-state index in [4.69, 9.17) is 4.98 Å². The summed E-state index contributed by atoms with van der Waals surface area (Å²) in [5, 5.41) is 6.70. The fourth-order valence-electron chi connectivity index (χ4n) is 3.95. The fraction of sp³-hybridized carbons (Fsp3) is 0.773. The highest BCUT2D eigenvalue weighted by Gasteiger charge is 2.24. The molecule has 3 heterocycles. The lowest BCUT2D eigenvalue weighted by Gasteiger charge is -2.36. The largest absolute Gasteiger partial charge is 0.350 e. The van der Waals surface area contributed by atoms with Gasteiger partial charge in [0.25, 0.3) is 0 Å². The molecule has 1 aromatic rings. The summed E-state index contributed by atoms with van der Waals surface area (Å²) < 4.78 is 0. The quantitative estimate of drug-likeness (QED) is 0.583. The average molecular weight is 435 g/mol. The number of aromatic nitrogens is 1. The van der Waals surface area contributed by atoms with Crippen LogP contribution >= 0.6 is 11.3 Å². The molecule has 0 bridgehead atoms. The van der Waals surface area contributed by atoms with Crippen LogP contribution in [0.15, 0.2) is 10.4 Å². The van der Waals surface area contributed by atoms with Gasteiger partial charge in [-0.2, -0.15) is 0 Å². The van der Waals surface area contributed by atoms with Crippen LogP contribution in [0.1, 0.15) is 57.2 Å². The number of carbonyl (C=O) groups excluding carboxylic acids is 1. The van der Waals surface area contributed by atoms with Gasteiger partial charge < -0.3 is 15.1 Å². The highest BCUT2D eigenvalue weighted by atomic mass is 32.1. The summed E-state index contributed by atoms with van der Waals surface area (Å²) >= 11 is 1.70. The van der Waals surface area contributed by atoms with Gasteiger partial charge in [-0.25, -0.2) is 4.98 Å². The second kappa shape index (κ2) is 10.6. The van der Waals surface area contributed by atoms with E-state index in [-0.39, 0.29) is 5.41 Å². The number of piperazine rings is 1. The smallest absolute Gasteiger partial charge is 0.236 e. The number of amides is 1. The number of likely N-dealkylation sites (tertiary alicyclic amines) is 1. The first-order chi connectivity index (χ1) is 14.4. The van der Waals surface area contributed by atoms with Gasteiger partial charge in [-0.3, -0.25) is 14.7 Å². The Morgan fingerprint density at radius 2 is 1.73 bits per heavy atom. The van der Waals surface area contributed by atoms with Crippen molar-refractivity contribution in [2.45, 2.75) is 58.4 Å². The highest BCUT2D eigenvalue weighted by Crippen LogP contribution is 2.23. The van der Waals surface area contributed by atoms with E-state index in [0.717, 1.165) is 68.8 Å². The Balaban J connectivity index is 1.43. The number of nitrogens with zero attached hydrogens (tertiary/aromatic N) is 5. The van der Waals surface area contributed by atoms with Gasteiger partial charge >= 0.3 is 0 Å². The molecule has 0 spiro atoms. The predicted molar refractivity (Wildman–Crippen MR) is 124 cm³/mol. The van der Waals surface area contributed by atoms with Gasteiger partial charge in [0.2, 0.25) is 5.91 Å². The number of guanidine groups is 1. The Labute approximate surface area is 185 Å². The maximum absolute atomic E-state index is 12.7. The molecule has 2 fully saturated rings. The van der Waals surface area contributed by atoms with Gasteiger partial charge in [-0.1, -0.05) is 33.6 Å². The molecule has 0 aromatic carbocycles. The van der Waals surface area contributed by atoms with Crippen molar-refractivity contribution < 1.29 is 4.79 Å². The van der Waals surface area contributed by atoms with Crippen LogP contribution in [0.25, 0.3) is 0 Å². The number of hydrogen-bond acceptors (Lipinski definition) is 5. The minimum atomic E-state index is 0.0809. The summed E-state index contributed by atoms with van der Waals surface area (Å²) in [5.41, 5.74) is 1.22. The van der Waals surface area contributed by atoms with Crippen LogP contribution in [0.4, 0.5) is 0 Å². The lowest BCUT2D eigenvalue weighted by Crippen LogP contribution is -2.54. The molecule has 0 unspecified atom stereocenters. The van der Waals surface area contributed by atoms with Gasteiger partial charge in [0.05, 0.1) is 18.8 Å². The maximum atomic E-state index is 12.7. The Kier molecular flexibility index (Phi) is 8.11. The molecule has 2 aliphatic rings. The molecule has 0 atom stereocenters. The zero-order valence-electron chi connectivity index (χ0n) is 19.1. The third kappa shape index (κ3) is 6.41. The fourth-order valence-corrected chi connectivity index (χ4v) is 4.91. The summed E-state index contributed by atoms with van der Waals surface area (Å²) in [6.07, 6.45) is 4.82. The normalized spacial score (nSPS) is 19.7. The first kappa shape index (κ1) is 23.0. The van der Waals surface area contributed by atoms with Crippen LogP contribution in [-0.4, -0.2) is 84.4 Å². The highest BCUT2D eigenvalue weighted by molar-refractivity contribution is 7.09. The number of hydrogen-bond donors (Lipinski definition) is 1. The third-order valence-corrected chi connectivity index (χ3v) is 6.77. The average Bonchev–Trinajstić information content (AvgIpc) is 3.04. The van der Waals surface area contributed by atoms with Crippen LogP contribution in [0.2, 0.25) is 0 Å². The zero-order chi connectivity index (χ0) is 21.6. The Hall–Kier alpha value is -1.67. The Bertz CT molecular complexity index is 709. The van der Waals surface area contributed by atoms with E-state index in [1.807, 2.05) is 7.05 Å². The summed E-state index contributed by atoms with van der Waals surface area (Å²) in [5.74, 6) is 1.22. The second-order valence-corrected chi connectivity index (χ2v) is 10.3. The summed E-state index contributed by atoms with van der Waals surface area (Å²) in [7, 11) is 1.83. The van der Waals surface area contributed by atoms with Crippen molar-refractivity contribution in [1.29, 1.82) is 0 Å². The van der Waals surface area contributed by atoms with Crippen molar-refractivity contribution in [2.75, 3.05) is 52.9 Å². The molecule has 30 heavy (non-hydrogen) atoms. The lowest BCUT2D eigenvalue weighted by atomic mass is 9.93. The molecule has 1 amide bonds. The number of carbonyl (C=O) groups is 1. The van der Waals surface area contributed by atoms with Crippen LogP contribution in [-0.2, 0) is 16.8 Å².